The van der Waals surface area contributed by atoms with Gasteiger partial charge in [0.15, 0.2) is 0 Å². The number of carboxylic acids is 1. The van der Waals surface area contributed by atoms with Crippen LogP contribution in [0.25, 0.3) is 5.57 Å². The van der Waals surface area contributed by atoms with Crippen molar-refractivity contribution in [1.29, 1.82) is 0 Å². The first kappa shape index (κ1) is 11.4. The van der Waals surface area contributed by atoms with Crippen LogP contribution in [0.15, 0.2) is 24.8 Å². The maximum atomic E-state index is 13.4. The predicted molar refractivity (Wildman–Crippen MR) is 57.0 cm³/mol. The molecule has 3 heteroatoms. The molecule has 1 N–H and O–H groups in total. The summed E-state index contributed by atoms with van der Waals surface area (Å²) >= 11 is 0. The molecular weight excluding hydrogens is 195 g/mol. The zero-order valence-corrected chi connectivity index (χ0v) is 8.59. The number of halogens is 1. The quantitative estimate of drug-likeness (QED) is 0.825. The molecule has 0 heterocycles. The number of rotatable bonds is 4. The molecule has 0 aliphatic carbocycles. The number of carbonyl (C=O) groups is 1. The van der Waals surface area contributed by atoms with E-state index in [1.165, 1.54) is 6.07 Å². The molecule has 2 nitrogen and oxygen atoms in total. The highest BCUT2D eigenvalue weighted by Gasteiger charge is 2.07. The average Bonchev–Trinajstić information content (AvgIpc) is 2.14. The van der Waals surface area contributed by atoms with Crippen LogP contribution in [0.3, 0.4) is 0 Å². The van der Waals surface area contributed by atoms with E-state index in [0.717, 1.165) is 5.56 Å². The van der Waals surface area contributed by atoms with Gasteiger partial charge in [0.1, 0.15) is 5.82 Å². The van der Waals surface area contributed by atoms with Crippen molar-refractivity contribution in [3.05, 3.63) is 41.7 Å². The maximum Gasteiger partial charge on any atom is 0.303 e. The van der Waals surface area contributed by atoms with E-state index in [2.05, 4.69) is 6.58 Å². The lowest BCUT2D eigenvalue weighted by Gasteiger charge is -2.06. The summed E-state index contributed by atoms with van der Waals surface area (Å²) in [7, 11) is 0. The molecule has 0 saturated carbocycles. The van der Waals surface area contributed by atoms with Crippen LogP contribution >= 0.6 is 0 Å². The summed E-state index contributed by atoms with van der Waals surface area (Å²) in [5.41, 5.74) is 1.76. The third-order valence-electron chi connectivity index (χ3n) is 2.15. The lowest BCUT2D eigenvalue weighted by Crippen LogP contribution is -1.96. The van der Waals surface area contributed by atoms with Crippen LogP contribution < -0.4 is 0 Å². The van der Waals surface area contributed by atoms with Crippen LogP contribution in [-0.2, 0) is 4.79 Å². The van der Waals surface area contributed by atoms with Crippen molar-refractivity contribution < 1.29 is 14.3 Å². The van der Waals surface area contributed by atoms with Crippen molar-refractivity contribution in [2.24, 2.45) is 0 Å². The van der Waals surface area contributed by atoms with Gasteiger partial charge >= 0.3 is 5.97 Å². The molecule has 0 saturated heterocycles. The van der Waals surface area contributed by atoms with Crippen molar-refractivity contribution in [1.82, 2.24) is 0 Å². The van der Waals surface area contributed by atoms with Crippen LogP contribution in [0.4, 0.5) is 4.39 Å². The van der Waals surface area contributed by atoms with E-state index in [0.29, 0.717) is 11.1 Å². The van der Waals surface area contributed by atoms with Gasteiger partial charge in [0.05, 0.1) is 0 Å². The molecule has 0 amide bonds. The minimum Gasteiger partial charge on any atom is -0.481 e. The first-order chi connectivity index (χ1) is 7.00. The van der Waals surface area contributed by atoms with Crippen LogP contribution in [-0.4, -0.2) is 11.1 Å². The molecule has 0 aromatic heterocycles. The third kappa shape index (κ3) is 3.20. The van der Waals surface area contributed by atoms with Gasteiger partial charge in [-0.1, -0.05) is 18.7 Å². The van der Waals surface area contributed by atoms with E-state index in [4.69, 9.17) is 5.11 Å². The van der Waals surface area contributed by atoms with Crippen LogP contribution in [0, 0.1) is 12.7 Å². The minimum absolute atomic E-state index is 0.0217. The molecular formula is C12H13FO2. The fourth-order valence-corrected chi connectivity index (χ4v) is 1.30. The predicted octanol–water partition coefficient (Wildman–Crippen LogP) is 3.01. The van der Waals surface area contributed by atoms with Gasteiger partial charge < -0.3 is 5.11 Å². The Morgan fingerprint density at radius 3 is 2.67 bits per heavy atom. The highest BCUT2D eigenvalue weighted by Crippen LogP contribution is 2.21. The lowest BCUT2D eigenvalue weighted by atomic mass is 10.0. The Hall–Kier alpha value is -1.64. The fraction of sp³-hybridized carbons (Fsp3) is 0.250. The molecule has 0 fully saturated rings. The molecule has 1 aromatic carbocycles. The standard InChI is InChI=1S/C12H13FO2/c1-8-3-5-10(11(13)7-8)9(2)4-6-12(14)15/h3,5,7H,2,4,6H2,1H3,(H,14,15). The second-order valence-corrected chi connectivity index (χ2v) is 3.48. The molecule has 0 bridgehead atoms. The van der Waals surface area contributed by atoms with E-state index < -0.39 is 5.97 Å². The molecule has 1 aromatic rings. The molecule has 1 rings (SSSR count). The summed E-state index contributed by atoms with van der Waals surface area (Å²) in [6, 6.07) is 4.83. The Bertz CT molecular complexity index is 397. The summed E-state index contributed by atoms with van der Waals surface area (Å²) in [5.74, 6) is -1.24. The van der Waals surface area contributed by atoms with Crippen LogP contribution in [0.5, 0.6) is 0 Å². The maximum absolute atomic E-state index is 13.4. The van der Waals surface area contributed by atoms with Crippen molar-refractivity contribution in [2.75, 3.05) is 0 Å². The SMILES string of the molecule is C=C(CCC(=O)O)c1ccc(C)cc1F. The number of benzene rings is 1. The molecule has 0 spiro atoms. The molecule has 0 radical (unpaired) electrons. The highest BCUT2D eigenvalue weighted by atomic mass is 19.1. The first-order valence-electron chi connectivity index (χ1n) is 4.67. The molecule has 0 atom stereocenters. The molecule has 0 aliphatic heterocycles. The zero-order valence-electron chi connectivity index (χ0n) is 8.59. The number of allylic oxidation sites excluding steroid dienone is 1. The Morgan fingerprint density at radius 1 is 1.47 bits per heavy atom. The van der Waals surface area contributed by atoms with Crippen molar-refractivity contribution in [2.45, 2.75) is 19.8 Å². The number of hydrogen-bond acceptors (Lipinski definition) is 1. The monoisotopic (exact) mass is 208 g/mol. The Kier molecular flexibility index (Phi) is 3.61. The van der Waals surface area contributed by atoms with Gasteiger partial charge in [-0.3, -0.25) is 4.79 Å². The van der Waals surface area contributed by atoms with E-state index in [1.54, 1.807) is 19.1 Å². The molecule has 15 heavy (non-hydrogen) atoms. The average molecular weight is 208 g/mol. The summed E-state index contributed by atoms with van der Waals surface area (Å²) in [6.45, 7) is 5.48. The summed E-state index contributed by atoms with van der Waals surface area (Å²) < 4.78 is 13.4. The number of aryl methyl sites for hydroxylation is 1. The van der Waals surface area contributed by atoms with Crippen molar-refractivity contribution in [3.8, 4) is 0 Å². The second-order valence-electron chi connectivity index (χ2n) is 3.48. The summed E-state index contributed by atoms with van der Waals surface area (Å²) in [6.07, 6.45) is 0.251. The Balaban J connectivity index is 2.78. The number of aliphatic carboxylic acids is 1. The van der Waals surface area contributed by atoms with E-state index in [-0.39, 0.29) is 18.7 Å². The van der Waals surface area contributed by atoms with Gasteiger partial charge in [0.25, 0.3) is 0 Å². The van der Waals surface area contributed by atoms with Gasteiger partial charge in [-0.2, -0.15) is 0 Å². The first-order valence-corrected chi connectivity index (χ1v) is 4.67. The molecule has 80 valence electrons. The van der Waals surface area contributed by atoms with Gasteiger partial charge in [-0.15, -0.1) is 0 Å². The smallest absolute Gasteiger partial charge is 0.303 e. The van der Waals surface area contributed by atoms with Gasteiger partial charge in [-0.05, 0) is 30.5 Å². The zero-order chi connectivity index (χ0) is 11.4. The van der Waals surface area contributed by atoms with Crippen LogP contribution in [0.1, 0.15) is 24.0 Å². The Morgan fingerprint density at radius 2 is 2.13 bits per heavy atom. The number of hydrogen-bond donors (Lipinski definition) is 1. The lowest BCUT2D eigenvalue weighted by molar-refractivity contribution is -0.136. The van der Waals surface area contributed by atoms with Crippen molar-refractivity contribution >= 4 is 11.5 Å². The van der Waals surface area contributed by atoms with Gasteiger partial charge in [-0.25, -0.2) is 4.39 Å². The largest absolute Gasteiger partial charge is 0.481 e. The Labute approximate surface area is 88.1 Å². The topological polar surface area (TPSA) is 37.3 Å². The summed E-state index contributed by atoms with van der Waals surface area (Å²) in [5, 5.41) is 8.49. The molecule has 0 aliphatic rings. The second kappa shape index (κ2) is 4.73. The molecule has 0 unspecified atom stereocenters. The van der Waals surface area contributed by atoms with E-state index in [9.17, 15) is 9.18 Å². The van der Waals surface area contributed by atoms with Crippen molar-refractivity contribution in [3.63, 3.8) is 0 Å². The van der Waals surface area contributed by atoms with Crippen LogP contribution in [0.2, 0.25) is 0 Å². The third-order valence-corrected chi connectivity index (χ3v) is 2.15. The normalized spacial score (nSPS) is 10.0. The fourth-order valence-electron chi connectivity index (χ4n) is 1.30. The number of carboxylic acid groups (broad SMARTS) is 1. The van der Waals surface area contributed by atoms with Gasteiger partial charge in [0, 0.05) is 12.0 Å². The van der Waals surface area contributed by atoms with E-state index in [1.807, 2.05) is 0 Å². The summed E-state index contributed by atoms with van der Waals surface area (Å²) in [4.78, 5) is 10.3. The minimum atomic E-state index is -0.899. The van der Waals surface area contributed by atoms with E-state index >= 15 is 0 Å². The van der Waals surface area contributed by atoms with Gasteiger partial charge in [0.2, 0.25) is 0 Å². The highest BCUT2D eigenvalue weighted by molar-refractivity contribution is 5.72.